The highest BCUT2D eigenvalue weighted by molar-refractivity contribution is 5.79. The summed E-state index contributed by atoms with van der Waals surface area (Å²) in [6.45, 7) is 0.454. The lowest BCUT2D eigenvalue weighted by Crippen LogP contribution is -2.00. The first-order valence-corrected chi connectivity index (χ1v) is 6.37. The summed E-state index contributed by atoms with van der Waals surface area (Å²) in [6.07, 6.45) is 1.86. The molecule has 2 aromatic carbocycles. The van der Waals surface area contributed by atoms with Gasteiger partial charge in [0.05, 0.1) is 11.0 Å². The quantitative estimate of drug-likeness (QED) is 0.565. The fourth-order valence-corrected chi connectivity index (χ4v) is 2.19. The first-order valence-electron chi connectivity index (χ1n) is 6.37. The number of aromatic amines is 1. The number of hydrogen-bond acceptors (Lipinski definition) is 3. The third-order valence-electron chi connectivity index (χ3n) is 3.21. The van der Waals surface area contributed by atoms with Gasteiger partial charge in [-0.2, -0.15) is 0 Å². The van der Waals surface area contributed by atoms with Gasteiger partial charge >= 0.3 is 0 Å². The maximum absolute atomic E-state index is 13.3. The zero-order valence-electron chi connectivity index (χ0n) is 11.0. The van der Waals surface area contributed by atoms with Crippen LogP contribution in [-0.4, -0.2) is 9.91 Å². The second-order valence-electron chi connectivity index (χ2n) is 4.71. The number of anilines is 1. The highest BCUT2D eigenvalue weighted by Gasteiger charge is 2.09. The number of benzene rings is 2. The van der Waals surface area contributed by atoms with E-state index >= 15 is 0 Å². The molecule has 0 saturated carbocycles. The molecule has 3 rings (SSSR count). The minimum Gasteiger partial charge on any atom is -0.381 e. The smallest absolute Gasteiger partial charge is 0.274 e. The summed E-state index contributed by atoms with van der Waals surface area (Å²) < 4.78 is 13.3. The van der Waals surface area contributed by atoms with Crippen LogP contribution in [0.15, 0.2) is 48.7 Å². The van der Waals surface area contributed by atoms with E-state index in [0.29, 0.717) is 12.2 Å². The molecule has 21 heavy (non-hydrogen) atoms. The number of nitro benzene ring substituents is 1. The predicted molar refractivity (Wildman–Crippen MR) is 78.7 cm³/mol. The number of nitrogens with zero attached hydrogens (tertiary/aromatic N) is 1. The van der Waals surface area contributed by atoms with E-state index in [9.17, 15) is 14.5 Å². The van der Waals surface area contributed by atoms with E-state index in [-0.39, 0.29) is 5.69 Å². The first-order chi connectivity index (χ1) is 10.1. The molecule has 0 saturated heterocycles. The van der Waals surface area contributed by atoms with Gasteiger partial charge in [0.25, 0.3) is 5.69 Å². The molecule has 2 N–H and O–H groups in total. The van der Waals surface area contributed by atoms with Crippen LogP contribution in [0.1, 0.15) is 5.56 Å². The maximum atomic E-state index is 13.3. The van der Waals surface area contributed by atoms with Gasteiger partial charge in [0.15, 0.2) is 0 Å². The maximum Gasteiger partial charge on any atom is 0.274 e. The van der Waals surface area contributed by atoms with Crippen LogP contribution < -0.4 is 5.32 Å². The zero-order valence-corrected chi connectivity index (χ0v) is 11.0. The van der Waals surface area contributed by atoms with Gasteiger partial charge in [0, 0.05) is 30.0 Å². The topological polar surface area (TPSA) is 71.0 Å². The van der Waals surface area contributed by atoms with Gasteiger partial charge in [-0.05, 0) is 29.1 Å². The van der Waals surface area contributed by atoms with Gasteiger partial charge in [-0.25, -0.2) is 4.39 Å². The van der Waals surface area contributed by atoms with Crippen LogP contribution in [0.3, 0.4) is 0 Å². The number of nitrogens with one attached hydrogen (secondary N) is 2. The Labute approximate surface area is 119 Å². The minimum atomic E-state index is -0.633. The van der Waals surface area contributed by atoms with E-state index in [1.807, 2.05) is 30.5 Å². The van der Waals surface area contributed by atoms with Crippen molar-refractivity contribution in [2.24, 2.45) is 0 Å². The highest BCUT2D eigenvalue weighted by Crippen LogP contribution is 2.21. The molecule has 5 nitrogen and oxygen atoms in total. The van der Waals surface area contributed by atoms with Gasteiger partial charge in [-0.15, -0.1) is 0 Å². The molecule has 0 aliphatic heterocycles. The number of aromatic nitrogens is 1. The van der Waals surface area contributed by atoms with E-state index in [2.05, 4.69) is 10.3 Å². The summed E-state index contributed by atoms with van der Waals surface area (Å²) >= 11 is 0. The van der Waals surface area contributed by atoms with Gasteiger partial charge in [0.2, 0.25) is 0 Å². The molecule has 1 heterocycles. The molecule has 0 atom stereocenters. The highest BCUT2D eigenvalue weighted by atomic mass is 19.1. The summed E-state index contributed by atoms with van der Waals surface area (Å²) in [7, 11) is 0. The van der Waals surface area contributed by atoms with Gasteiger partial charge in [0.1, 0.15) is 5.82 Å². The van der Waals surface area contributed by atoms with Crippen LogP contribution in [-0.2, 0) is 6.54 Å². The molecule has 0 aliphatic carbocycles. The van der Waals surface area contributed by atoms with Crippen molar-refractivity contribution in [2.75, 3.05) is 5.32 Å². The number of non-ortho nitro benzene ring substituents is 1. The van der Waals surface area contributed by atoms with Crippen molar-refractivity contribution in [1.82, 2.24) is 4.98 Å². The zero-order chi connectivity index (χ0) is 14.8. The van der Waals surface area contributed by atoms with E-state index in [0.717, 1.165) is 22.5 Å². The summed E-state index contributed by atoms with van der Waals surface area (Å²) in [6, 6.07) is 11.3. The molecule has 106 valence electrons. The fourth-order valence-electron chi connectivity index (χ4n) is 2.19. The second-order valence-corrected chi connectivity index (χ2v) is 4.71. The van der Waals surface area contributed by atoms with Gasteiger partial charge in [-0.3, -0.25) is 10.1 Å². The average Bonchev–Trinajstić information content (AvgIpc) is 2.92. The van der Waals surface area contributed by atoms with Crippen molar-refractivity contribution in [3.8, 4) is 0 Å². The Morgan fingerprint density at radius 1 is 1.19 bits per heavy atom. The largest absolute Gasteiger partial charge is 0.381 e. The Balaban J connectivity index is 1.79. The molecule has 0 aliphatic rings. The Morgan fingerprint density at radius 2 is 2.05 bits per heavy atom. The molecule has 0 radical (unpaired) electrons. The second kappa shape index (κ2) is 5.24. The van der Waals surface area contributed by atoms with Crippen LogP contribution in [0.25, 0.3) is 10.9 Å². The third-order valence-corrected chi connectivity index (χ3v) is 3.21. The van der Waals surface area contributed by atoms with Gasteiger partial charge in [-0.1, -0.05) is 12.1 Å². The number of rotatable bonds is 4. The van der Waals surface area contributed by atoms with Crippen molar-refractivity contribution in [2.45, 2.75) is 6.54 Å². The van der Waals surface area contributed by atoms with E-state index in [1.54, 1.807) is 0 Å². The molecule has 0 amide bonds. The van der Waals surface area contributed by atoms with Crippen molar-refractivity contribution in [3.05, 3.63) is 70.2 Å². The standard InChI is InChI=1S/C15H12FN3O2/c16-12-6-13(8-14(7-12)19(20)21)18-9-10-1-2-11-3-4-17-15(11)5-10/h1-8,17-18H,9H2. The van der Waals surface area contributed by atoms with E-state index < -0.39 is 10.7 Å². The number of fused-ring (bicyclic) bond motifs is 1. The molecule has 0 unspecified atom stereocenters. The number of hydrogen-bond donors (Lipinski definition) is 2. The Hall–Kier alpha value is -2.89. The van der Waals surface area contributed by atoms with Crippen LogP contribution in [0, 0.1) is 15.9 Å². The lowest BCUT2D eigenvalue weighted by molar-refractivity contribution is -0.385. The molecule has 0 spiro atoms. The molecule has 0 bridgehead atoms. The molecular weight excluding hydrogens is 273 g/mol. The molecule has 0 fully saturated rings. The Bertz CT molecular complexity index is 814. The summed E-state index contributed by atoms with van der Waals surface area (Å²) in [5, 5.41) is 14.8. The van der Waals surface area contributed by atoms with Crippen LogP contribution >= 0.6 is 0 Å². The normalized spacial score (nSPS) is 10.7. The lowest BCUT2D eigenvalue weighted by atomic mass is 10.1. The summed E-state index contributed by atoms with van der Waals surface area (Å²) in [5.41, 5.74) is 2.13. The summed E-state index contributed by atoms with van der Waals surface area (Å²) in [5.74, 6) is -0.633. The van der Waals surface area contributed by atoms with Crippen molar-refractivity contribution in [1.29, 1.82) is 0 Å². The van der Waals surface area contributed by atoms with Crippen LogP contribution in [0.2, 0.25) is 0 Å². The Kier molecular flexibility index (Phi) is 3.27. The van der Waals surface area contributed by atoms with Crippen molar-refractivity contribution in [3.63, 3.8) is 0 Å². The molecular formula is C15H12FN3O2. The Morgan fingerprint density at radius 3 is 2.86 bits per heavy atom. The van der Waals surface area contributed by atoms with Crippen molar-refractivity contribution >= 4 is 22.3 Å². The number of nitro groups is 1. The van der Waals surface area contributed by atoms with E-state index in [1.165, 1.54) is 12.1 Å². The molecule has 1 aromatic heterocycles. The summed E-state index contributed by atoms with van der Waals surface area (Å²) in [4.78, 5) is 13.2. The third kappa shape index (κ3) is 2.84. The van der Waals surface area contributed by atoms with Crippen LogP contribution in [0.4, 0.5) is 15.8 Å². The van der Waals surface area contributed by atoms with Crippen LogP contribution in [0.5, 0.6) is 0 Å². The minimum absolute atomic E-state index is 0.266. The average molecular weight is 285 g/mol. The fraction of sp³-hybridized carbons (Fsp3) is 0.0667. The van der Waals surface area contributed by atoms with Gasteiger partial charge < -0.3 is 10.3 Å². The van der Waals surface area contributed by atoms with E-state index in [4.69, 9.17) is 0 Å². The van der Waals surface area contributed by atoms with Crippen molar-refractivity contribution < 1.29 is 9.31 Å². The lowest BCUT2D eigenvalue weighted by Gasteiger charge is -2.07. The molecule has 3 aromatic rings. The number of H-pyrrole nitrogens is 1. The molecule has 6 heteroatoms. The first kappa shape index (κ1) is 13.1. The monoisotopic (exact) mass is 285 g/mol. The predicted octanol–water partition coefficient (Wildman–Crippen LogP) is 3.83. The SMILES string of the molecule is O=[N+]([O-])c1cc(F)cc(NCc2ccc3cc[nH]c3c2)c1. The number of halogens is 1.